The van der Waals surface area contributed by atoms with Gasteiger partial charge in [-0.05, 0) is 38.8 Å². The van der Waals surface area contributed by atoms with Crippen molar-refractivity contribution in [3.05, 3.63) is 35.0 Å². The van der Waals surface area contributed by atoms with Crippen molar-refractivity contribution >= 4 is 11.7 Å². The van der Waals surface area contributed by atoms with E-state index in [2.05, 4.69) is 0 Å². The van der Waals surface area contributed by atoms with Crippen molar-refractivity contribution < 1.29 is 23.8 Å². The third-order valence-corrected chi connectivity index (χ3v) is 4.01. The summed E-state index contributed by atoms with van der Waals surface area (Å²) in [7, 11) is 0. The number of rotatable bonds is 8. The monoisotopic (exact) mass is 349 g/mol. The molecule has 25 heavy (non-hydrogen) atoms. The number of nitrogens with zero attached hydrogens (tertiary/aromatic N) is 1. The minimum Gasteiger partial charge on any atom is -0.503 e. The summed E-state index contributed by atoms with van der Waals surface area (Å²) in [5, 5.41) is 10.3. The van der Waals surface area contributed by atoms with Gasteiger partial charge in [-0.2, -0.15) is 0 Å². The number of ketones is 1. The molecule has 138 valence electrons. The van der Waals surface area contributed by atoms with E-state index in [1.54, 1.807) is 19.1 Å². The third-order valence-electron chi connectivity index (χ3n) is 4.01. The molecule has 0 fully saturated rings. The normalized spacial score (nSPS) is 18.1. The minimum absolute atomic E-state index is 0.0330. The number of aliphatic hydroxyl groups excluding tert-OH is 1. The lowest BCUT2D eigenvalue weighted by molar-refractivity contribution is -0.130. The molecule has 1 N–H and O–H groups in total. The summed E-state index contributed by atoms with van der Waals surface area (Å²) < 4.78 is 11.2. The molecule has 1 aliphatic heterocycles. The number of aryl methyl sites for hydroxylation is 1. The van der Waals surface area contributed by atoms with Crippen LogP contribution in [0.4, 0.5) is 0 Å². The maximum absolute atomic E-state index is 12.7. The molecule has 0 spiro atoms. The smallest absolute Gasteiger partial charge is 0.290 e. The first-order chi connectivity index (χ1) is 11.7. The highest BCUT2D eigenvalue weighted by atomic mass is 16.5. The van der Waals surface area contributed by atoms with Gasteiger partial charge in [-0.3, -0.25) is 9.59 Å². The van der Waals surface area contributed by atoms with Gasteiger partial charge in [0.2, 0.25) is 0 Å². The fraction of sp³-hybridized carbons (Fsp3) is 0.579. The zero-order valence-corrected chi connectivity index (χ0v) is 15.5. The second-order valence-electron chi connectivity index (χ2n) is 7.05. The van der Waals surface area contributed by atoms with Crippen molar-refractivity contribution in [2.45, 2.75) is 53.2 Å². The number of hydrogen-bond acceptors (Lipinski definition) is 5. The second-order valence-corrected chi connectivity index (χ2v) is 7.05. The molecule has 1 atom stereocenters. The van der Waals surface area contributed by atoms with E-state index in [0.717, 1.165) is 0 Å². The largest absolute Gasteiger partial charge is 0.503 e. The Hall–Kier alpha value is -2.08. The van der Waals surface area contributed by atoms with Crippen LogP contribution in [-0.4, -0.2) is 41.0 Å². The van der Waals surface area contributed by atoms with E-state index in [4.69, 9.17) is 9.15 Å². The summed E-state index contributed by atoms with van der Waals surface area (Å²) in [6.45, 7) is 10.0. The van der Waals surface area contributed by atoms with Crippen LogP contribution < -0.4 is 0 Å². The number of amides is 1. The van der Waals surface area contributed by atoms with Gasteiger partial charge in [-0.25, -0.2) is 0 Å². The molecule has 1 aromatic heterocycles. The van der Waals surface area contributed by atoms with Crippen LogP contribution >= 0.6 is 0 Å². The highest BCUT2D eigenvalue weighted by Crippen LogP contribution is 2.39. The van der Waals surface area contributed by atoms with E-state index in [1.807, 2.05) is 27.7 Å². The van der Waals surface area contributed by atoms with E-state index < -0.39 is 17.7 Å². The molecule has 0 bridgehead atoms. The molecular weight excluding hydrogens is 322 g/mol. The van der Waals surface area contributed by atoms with E-state index in [-0.39, 0.29) is 36.3 Å². The molecular formula is C19H27NO5. The number of hydrogen-bond donors (Lipinski definition) is 1. The average Bonchev–Trinajstić information content (AvgIpc) is 3.02. The Kier molecular flexibility index (Phi) is 6.06. The van der Waals surface area contributed by atoms with E-state index in [0.29, 0.717) is 18.1 Å². The van der Waals surface area contributed by atoms with Crippen LogP contribution in [0.5, 0.6) is 0 Å². The molecule has 1 unspecified atom stereocenters. The number of ether oxygens (including phenoxy) is 1. The van der Waals surface area contributed by atoms with Gasteiger partial charge < -0.3 is 19.2 Å². The van der Waals surface area contributed by atoms with Gasteiger partial charge in [0.15, 0.2) is 11.5 Å². The Labute approximate surface area is 148 Å². The molecule has 1 amide bonds. The van der Waals surface area contributed by atoms with E-state index in [9.17, 15) is 14.7 Å². The van der Waals surface area contributed by atoms with E-state index >= 15 is 0 Å². The molecule has 6 nitrogen and oxygen atoms in total. The van der Waals surface area contributed by atoms with Crippen LogP contribution in [-0.2, 0) is 14.3 Å². The van der Waals surface area contributed by atoms with Crippen molar-refractivity contribution in [1.82, 2.24) is 4.90 Å². The van der Waals surface area contributed by atoms with Gasteiger partial charge in [-0.15, -0.1) is 0 Å². The Morgan fingerprint density at radius 2 is 2.00 bits per heavy atom. The fourth-order valence-electron chi connectivity index (χ4n) is 2.93. The summed E-state index contributed by atoms with van der Waals surface area (Å²) in [5.74, 6) is 0.0228. The molecule has 1 aliphatic rings. The lowest BCUT2D eigenvalue weighted by Crippen LogP contribution is -2.34. The van der Waals surface area contributed by atoms with Gasteiger partial charge >= 0.3 is 0 Å². The highest BCUT2D eigenvalue weighted by molar-refractivity contribution is 6.08. The molecule has 1 aromatic rings. The number of carbonyl (C=O) groups is 2. The standard InChI is InChI=1S/C19H27NO5/c1-11(2)10-14(21)16-17(15-7-6-13(5)25-15)20(19(23)18(16)22)8-9-24-12(3)4/h6-7,11-12,17,22H,8-10H2,1-5H3. The van der Waals surface area contributed by atoms with Crippen LogP contribution in [0.15, 0.2) is 27.9 Å². The maximum atomic E-state index is 12.7. The number of furan rings is 1. The number of carbonyl (C=O) groups excluding carboxylic acids is 2. The molecule has 0 saturated heterocycles. The van der Waals surface area contributed by atoms with Crippen molar-refractivity contribution in [3.8, 4) is 0 Å². The molecule has 0 saturated carbocycles. The minimum atomic E-state index is -0.705. The molecule has 6 heteroatoms. The van der Waals surface area contributed by atoms with Crippen LogP contribution in [0.1, 0.15) is 51.7 Å². The van der Waals surface area contributed by atoms with Crippen molar-refractivity contribution in [3.63, 3.8) is 0 Å². The quantitative estimate of drug-likeness (QED) is 0.779. The Morgan fingerprint density at radius 1 is 1.32 bits per heavy atom. The Bertz CT molecular complexity index is 671. The molecule has 0 radical (unpaired) electrons. The predicted molar refractivity (Wildman–Crippen MR) is 93.1 cm³/mol. The van der Waals surface area contributed by atoms with Crippen molar-refractivity contribution in [2.75, 3.05) is 13.2 Å². The molecule has 0 aliphatic carbocycles. The van der Waals surface area contributed by atoms with Gasteiger partial charge in [0.25, 0.3) is 5.91 Å². The lowest BCUT2D eigenvalue weighted by atomic mass is 9.95. The third kappa shape index (κ3) is 4.31. The van der Waals surface area contributed by atoms with Crippen LogP contribution in [0.3, 0.4) is 0 Å². The Morgan fingerprint density at radius 3 is 2.52 bits per heavy atom. The predicted octanol–water partition coefficient (Wildman–Crippen LogP) is 3.32. The second kappa shape index (κ2) is 7.87. The molecule has 2 rings (SSSR count). The topological polar surface area (TPSA) is 80.0 Å². The lowest BCUT2D eigenvalue weighted by Gasteiger charge is -2.25. The molecule has 0 aromatic carbocycles. The van der Waals surface area contributed by atoms with Crippen molar-refractivity contribution in [1.29, 1.82) is 0 Å². The number of aliphatic hydroxyl groups is 1. The first-order valence-corrected chi connectivity index (χ1v) is 8.67. The first-order valence-electron chi connectivity index (χ1n) is 8.67. The maximum Gasteiger partial charge on any atom is 0.290 e. The van der Waals surface area contributed by atoms with Crippen molar-refractivity contribution in [2.24, 2.45) is 5.92 Å². The summed E-state index contributed by atoms with van der Waals surface area (Å²) in [6, 6.07) is 2.82. The average molecular weight is 349 g/mol. The fourth-order valence-corrected chi connectivity index (χ4v) is 2.93. The zero-order chi connectivity index (χ0) is 18.7. The number of Topliss-reactive ketones (excluding diaryl/α,β-unsaturated/α-hetero) is 1. The zero-order valence-electron chi connectivity index (χ0n) is 15.5. The van der Waals surface area contributed by atoms with Crippen LogP contribution in [0.25, 0.3) is 0 Å². The highest BCUT2D eigenvalue weighted by Gasteiger charge is 2.44. The Balaban J connectivity index is 2.34. The summed E-state index contributed by atoms with van der Waals surface area (Å²) >= 11 is 0. The van der Waals surface area contributed by atoms with Crippen LogP contribution in [0.2, 0.25) is 0 Å². The van der Waals surface area contributed by atoms with Gasteiger partial charge in [0.05, 0.1) is 18.3 Å². The van der Waals surface area contributed by atoms with Gasteiger partial charge in [-0.1, -0.05) is 13.8 Å². The molecule has 2 heterocycles. The van der Waals surface area contributed by atoms with E-state index in [1.165, 1.54) is 4.90 Å². The van der Waals surface area contributed by atoms with Gasteiger partial charge in [0.1, 0.15) is 17.6 Å². The summed E-state index contributed by atoms with van der Waals surface area (Å²) in [6.07, 6.45) is 0.296. The SMILES string of the molecule is Cc1ccc(C2C(C(=O)CC(C)C)=C(O)C(=O)N2CCOC(C)C)o1. The summed E-state index contributed by atoms with van der Waals surface area (Å²) in [5.41, 5.74) is 0.123. The van der Waals surface area contributed by atoms with Crippen LogP contribution in [0, 0.1) is 12.8 Å². The van der Waals surface area contributed by atoms with Gasteiger partial charge in [0, 0.05) is 13.0 Å². The first kappa shape index (κ1) is 19.2. The summed E-state index contributed by atoms with van der Waals surface area (Å²) in [4.78, 5) is 26.6.